The quantitative estimate of drug-likeness (QED) is 0.866. The summed E-state index contributed by atoms with van der Waals surface area (Å²) in [5, 5.41) is 9.73. The number of hydrogen-bond donors (Lipinski definition) is 2. The molecule has 1 amide bonds. The number of morpholine rings is 1. The number of nitrogens with one attached hydrogen (secondary N) is 2. The molecule has 1 fully saturated rings. The van der Waals surface area contributed by atoms with Crippen molar-refractivity contribution in [3.8, 4) is 0 Å². The molecule has 3 rings (SSSR count). The van der Waals surface area contributed by atoms with Gasteiger partial charge in [-0.1, -0.05) is 13.0 Å². The molecular formula is C18H25N5O2. The SMILES string of the molecule is CCc1cc(C(=O)NCc2ccc(N3CC(C)OC(C)C3)nc2)n[nH]1. The minimum Gasteiger partial charge on any atom is -0.372 e. The Morgan fingerprint density at radius 3 is 2.72 bits per heavy atom. The number of carbonyl (C=O) groups is 1. The molecule has 2 aromatic rings. The van der Waals surface area contributed by atoms with Gasteiger partial charge >= 0.3 is 0 Å². The molecule has 2 N–H and O–H groups in total. The number of aryl methyl sites for hydroxylation is 1. The first-order valence-corrected chi connectivity index (χ1v) is 8.73. The van der Waals surface area contributed by atoms with E-state index in [1.165, 1.54) is 0 Å². The van der Waals surface area contributed by atoms with Crippen molar-refractivity contribution in [1.29, 1.82) is 0 Å². The lowest BCUT2D eigenvalue weighted by Crippen LogP contribution is -2.45. The zero-order valence-corrected chi connectivity index (χ0v) is 15.0. The van der Waals surface area contributed by atoms with Gasteiger partial charge in [0.15, 0.2) is 0 Å². The summed E-state index contributed by atoms with van der Waals surface area (Å²) in [4.78, 5) is 18.9. The fourth-order valence-electron chi connectivity index (χ4n) is 3.01. The first kappa shape index (κ1) is 17.4. The molecule has 134 valence electrons. The maximum atomic E-state index is 12.1. The fraction of sp³-hybridized carbons (Fsp3) is 0.500. The van der Waals surface area contributed by atoms with Crippen molar-refractivity contribution in [2.24, 2.45) is 0 Å². The summed E-state index contributed by atoms with van der Waals surface area (Å²) < 4.78 is 5.75. The lowest BCUT2D eigenvalue weighted by Gasteiger charge is -2.36. The number of ether oxygens (including phenoxy) is 1. The van der Waals surface area contributed by atoms with Gasteiger partial charge in [0.2, 0.25) is 0 Å². The van der Waals surface area contributed by atoms with Crippen molar-refractivity contribution in [1.82, 2.24) is 20.5 Å². The molecule has 7 nitrogen and oxygen atoms in total. The second-order valence-corrected chi connectivity index (χ2v) is 6.50. The zero-order chi connectivity index (χ0) is 17.8. The standard InChI is InChI=1S/C18H25N5O2/c1-4-15-7-16(22-21-15)18(24)20-9-14-5-6-17(19-8-14)23-10-12(2)25-13(3)11-23/h5-8,12-13H,4,9-11H2,1-3H3,(H,20,24)(H,21,22). The smallest absolute Gasteiger partial charge is 0.272 e. The lowest BCUT2D eigenvalue weighted by molar-refractivity contribution is -0.00546. The van der Waals surface area contributed by atoms with Gasteiger partial charge in [-0.15, -0.1) is 0 Å². The van der Waals surface area contributed by atoms with Gasteiger partial charge < -0.3 is 15.0 Å². The Morgan fingerprint density at radius 2 is 2.12 bits per heavy atom. The Labute approximate surface area is 147 Å². The Hall–Kier alpha value is -2.41. The summed E-state index contributed by atoms with van der Waals surface area (Å²) in [7, 11) is 0. The van der Waals surface area contributed by atoms with Crippen molar-refractivity contribution in [2.45, 2.75) is 45.9 Å². The van der Waals surface area contributed by atoms with Crippen LogP contribution in [-0.2, 0) is 17.7 Å². The van der Waals surface area contributed by atoms with Gasteiger partial charge in [0.05, 0.1) is 12.2 Å². The molecule has 0 aromatic carbocycles. The van der Waals surface area contributed by atoms with Crippen molar-refractivity contribution < 1.29 is 9.53 Å². The Morgan fingerprint density at radius 1 is 1.36 bits per heavy atom. The number of carbonyl (C=O) groups excluding carboxylic acids is 1. The van der Waals surface area contributed by atoms with E-state index in [1.54, 1.807) is 6.07 Å². The van der Waals surface area contributed by atoms with Crippen LogP contribution in [0.5, 0.6) is 0 Å². The first-order valence-electron chi connectivity index (χ1n) is 8.73. The van der Waals surface area contributed by atoms with Crippen molar-refractivity contribution in [2.75, 3.05) is 18.0 Å². The minimum atomic E-state index is -0.184. The number of aromatic amines is 1. The highest BCUT2D eigenvalue weighted by Crippen LogP contribution is 2.18. The Kier molecular flexibility index (Phi) is 5.33. The number of pyridine rings is 1. The fourth-order valence-corrected chi connectivity index (χ4v) is 3.01. The van der Waals surface area contributed by atoms with Crippen molar-refractivity contribution in [3.05, 3.63) is 41.3 Å². The van der Waals surface area contributed by atoms with E-state index in [2.05, 4.69) is 39.2 Å². The summed E-state index contributed by atoms with van der Waals surface area (Å²) in [6.07, 6.45) is 3.03. The molecule has 2 atom stereocenters. The third kappa shape index (κ3) is 4.36. The number of aromatic nitrogens is 3. The van der Waals surface area contributed by atoms with Gasteiger partial charge in [-0.2, -0.15) is 5.10 Å². The third-order valence-electron chi connectivity index (χ3n) is 4.25. The van der Waals surface area contributed by atoms with E-state index in [1.807, 2.05) is 25.3 Å². The van der Waals surface area contributed by atoms with Crippen LogP contribution in [0, 0.1) is 0 Å². The van der Waals surface area contributed by atoms with Crippen LogP contribution in [0.25, 0.3) is 0 Å². The van der Waals surface area contributed by atoms with Gasteiger partial charge in [0.25, 0.3) is 5.91 Å². The van der Waals surface area contributed by atoms with Gasteiger partial charge in [0, 0.05) is 31.5 Å². The van der Waals surface area contributed by atoms with Gasteiger partial charge in [-0.05, 0) is 38.0 Å². The lowest BCUT2D eigenvalue weighted by atomic mass is 10.2. The molecule has 3 heterocycles. The van der Waals surface area contributed by atoms with E-state index in [0.717, 1.165) is 36.6 Å². The van der Waals surface area contributed by atoms with E-state index >= 15 is 0 Å². The van der Waals surface area contributed by atoms with E-state index in [0.29, 0.717) is 12.2 Å². The van der Waals surface area contributed by atoms with Crippen LogP contribution in [0.1, 0.15) is 42.5 Å². The van der Waals surface area contributed by atoms with Gasteiger partial charge in [-0.25, -0.2) is 4.98 Å². The summed E-state index contributed by atoms with van der Waals surface area (Å²) in [6, 6.07) is 5.77. The van der Waals surface area contributed by atoms with Crippen LogP contribution in [0.3, 0.4) is 0 Å². The molecule has 0 saturated carbocycles. The van der Waals surface area contributed by atoms with E-state index < -0.39 is 0 Å². The second kappa shape index (κ2) is 7.65. The maximum Gasteiger partial charge on any atom is 0.272 e. The molecule has 1 aliphatic heterocycles. The van der Waals surface area contributed by atoms with Crippen LogP contribution in [0.2, 0.25) is 0 Å². The van der Waals surface area contributed by atoms with Crippen molar-refractivity contribution >= 4 is 11.7 Å². The molecule has 0 bridgehead atoms. The van der Waals surface area contributed by atoms with Crippen LogP contribution < -0.4 is 10.2 Å². The largest absolute Gasteiger partial charge is 0.372 e. The number of anilines is 1. The average Bonchev–Trinajstić information content (AvgIpc) is 3.08. The zero-order valence-electron chi connectivity index (χ0n) is 15.0. The molecule has 7 heteroatoms. The Bertz CT molecular complexity index is 703. The number of H-pyrrole nitrogens is 1. The normalized spacial score (nSPS) is 20.5. The van der Waals surface area contributed by atoms with Crippen LogP contribution in [-0.4, -0.2) is 46.4 Å². The summed E-state index contributed by atoms with van der Waals surface area (Å²) in [5.41, 5.74) is 2.32. The molecule has 1 saturated heterocycles. The van der Waals surface area contributed by atoms with Crippen LogP contribution >= 0.6 is 0 Å². The Balaban J connectivity index is 1.56. The molecule has 2 unspecified atom stereocenters. The topological polar surface area (TPSA) is 83.1 Å². The van der Waals surface area contributed by atoms with Crippen molar-refractivity contribution in [3.63, 3.8) is 0 Å². The highest BCUT2D eigenvalue weighted by molar-refractivity contribution is 5.92. The van der Waals surface area contributed by atoms with E-state index in [-0.39, 0.29) is 18.1 Å². The van der Waals surface area contributed by atoms with E-state index in [9.17, 15) is 4.79 Å². The molecular weight excluding hydrogens is 318 g/mol. The summed E-state index contributed by atoms with van der Waals surface area (Å²) in [6.45, 7) is 8.27. The number of nitrogens with zero attached hydrogens (tertiary/aromatic N) is 3. The van der Waals surface area contributed by atoms with Gasteiger partial charge in [-0.3, -0.25) is 9.89 Å². The minimum absolute atomic E-state index is 0.184. The molecule has 0 aliphatic carbocycles. The summed E-state index contributed by atoms with van der Waals surface area (Å²) >= 11 is 0. The number of hydrogen-bond acceptors (Lipinski definition) is 5. The molecule has 0 radical (unpaired) electrons. The third-order valence-corrected chi connectivity index (χ3v) is 4.25. The highest BCUT2D eigenvalue weighted by Gasteiger charge is 2.23. The molecule has 1 aliphatic rings. The summed E-state index contributed by atoms with van der Waals surface area (Å²) in [5.74, 6) is 0.757. The second-order valence-electron chi connectivity index (χ2n) is 6.50. The monoisotopic (exact) mass is 343 g/mol. The number of amides is 1. The molecule has 25 heavy (non-hydrogen) atoms. The maximum absolute atomic E-state index is 12.1. The van der Waals surface area contributed by atoms with E-state index in [4.69, 9.17) is 4.74 Å². The van der Waals surface area contributed by atoms with Gasteiger partial charge in [0.1, 0.15) is 11.5 Å². The molecule has 2 aromatic heterocycles. The first-order chi connectivity index (χ1) is 12.0. The average molecular weight is 343 g/mol. The predicted molar refractivity (Wildman–Crippen MR) is 95.6 cm³/mol. The van der Waals surface area contributed by atoms with Crippen LogP contribution in [0.15, 0.2) is 24.4 Å². The molecule has 0 spiro atoms. The highest BCUT2D eigenvalue weighted by atomic mass is 16.5. The van der Waals surface area contributed by atoms with Crippen LogP contribution in [0.4, 0.5) is 5.82 Å². The number of rotatable bonds is 5. The predicted octanol–water partition coefficient (Wildman–Crippen LogP) is 1.91.